The van der Waals surface area contributed by atoms with Gasteiger partial charge in [0, 0.05) is 57.1 Å². The number of hydrogen-bond acceptors (Lipinski definition) is 5. The van der Waals surface area contributed by atoms with Crippen molar-refractivity contribution in [3.05, 3.63) is 76.6 Å². The number of likely N-dealkylation sites (N-methyl/N-ethyl adjacent to an activating group) is 1. The predicted octanol–water partition coefficient (Wildman–Crippen LogP) is 3.12. The van der Waals surface area contributed by atoms with Crippen LogP contribution in [0.1, 0.15) is 18.5 Å². The van der Waals surface area contributed by atoms with Gasteiger partial charge in [-0.05, 0) is 55.3 Å². The average Bonchev–Trinajstić information content (AvgIpc) is 3.30. The van der Waals surface area contributed by atoms with Gasteiger partial charge in [-0.15, -0.1) is 0 Å². The number of pyridine rings is 1. The lowest BCUT2D eigenvalue weighted by Crippen LogP contribution is -2.41. The van der Waals surface area contributed by atoms with Gasteiger partial charge >= 0.3 is 6.09 Å². The molecule has 2 aromatic heterocycles. The van der Waals surface area contributed by atoms with E-state index in [1.807, 2.05) is 0 Å². The summed E-state index contributed by atoms with van der Waals surface area (Å²) in [7, 11) is 4.69. The van der Waals surface area contributed by atoms with Gasteiger partial charge in [0.15, 0.2) is 0 Å². The molecular formula is C28H34FN5O6. The van der Waals surface area contributed by atoms with E-state index >= 15 is 0 Å². The van der Waals surface area contributed by atoms with E-state index in [2.05, 4.69) is 10.3 Å². The largest absolute Gasteiger partial charge is 0.465 e. The molecule has 0 aliphatic rings. The van der Waals surface area contributed by atoms with Crippen LogP contribution in [-0.4, -0.2) is 83.3 Å². The number of carbonyl (C=O) groups is 3. The smallest absolute Gasteiger partial charge is 0.407 e. The molecule has 3 N–H and O–H groups in total. The van der Waals surface area contributed by atoms with Crippen LogP contribution in [0.3, 0.4) is 0 Å². The fraction of sp³-hybridized carbons (Fsp3) is 0.357. The second-order valence-electron chi connectivity index (χ2n) is 9.50. The minimum atomic E-state index is -1.20. The first kappa shape index (κ1) is 30.1. The lowest BCUT2D eigenvalue weighted by atomic mass is 10.0. The zero-order valence-corrected chi connectivity index (χ0v) is 22.7. The van der Waals surface area contributed by atoms with Crippen molar-refractivity contribution in [3.8, 4) is 0 Å². The number of aromatic amines is 1. The van der Waals surface area contributed by atoms with Gasteiger partial charge in [-0.1, -0.05) is 6.08 Å². The molecule has 0 spiro atoms. The molecular weight excluding hydrogens is 521 g/mol. The van der Waals surface area contributed by atoms with Gasteiger partial charge in [-0.3, -0.25) is 14.4 Å². The number of methoxy groups -OCH3 is 1. The number of halogens is 1. The summed E-state index contributed by atoms with van der Waals surface area (Å²) in [5.41, 5.74) is 0.995. The van der Waals surface area contributed by atoms with E-state index < -0.39 is 23.5 Å². The summed E-state index contributed by atoms with van der Waals surface area (Å²) < 4.78 is 19.9. The summed E-state index contributed by atoms with van der Waals surface area (Å²) in [5, 5.41) is 12.9. The minimum Gasteiger partial charge on any atom is -0.465 e. The van der Waals surface area contributed by atoms with Gasteiger partial charge in [0.25, 0.3) is 5.56 Å². The fourth-order valence-corrected chi connectivity index (χ4v) is 4.09. The molecule has 3 aromatic rings. The number of aromatic nitrogens is 2. The summed E-state index contributed by atoms with van der Waals surface area (Å²) in [4.78, 5) is 55.7. The second kappa shape index (κ2) is 14.1. The first-order valence-corrected chi connectivity index (χ1v) is 12.7. The first-order chi connectivity index (χ1) is 19.1. The maximum Gasteiger partial charge on any atom is 0.407 e. The molecule has 214 valence electrons. The SMILES string of the molecule is COCCN(C[C@H](CC/C=C/C(=O)N(C)C)C(=O)Nc1cccn(Cc2cc3cc(F)ccc3[nH]2)c1=O)C(=O)O. The molecule has 0 unspecified atom stereocenters. The summed E-state index contributed by atoms with van der Waals surface area (Å²) in [6.07, 6.45) is 3.98. The molecule has 1 aromatic carbocycles. The van der Waals surface area contributed by atoms with E-state index in [4.69, 9.17) is 4.74 Å². The number of fused-ring (bicyclic) bond motifs is 1. The van der Waals surface area contributed by atoms with Crippen molar-refractivity contribution in [2.45, 2.75) is 19.4 Å². The van der Waals surface area contributed by atoms with Crippen LogP contribution in [0.5, 0.6) is 0 Å². The van der Waals surface area contributed by atoms with Gasteiger partial charge in [0.1, 0.15) is 11.5 Å². The molecule has 2 heterocycles. The van der Waals surface area contributed by atoms with Crippen LogP contribution in [0.4, 0.5) is 14.9 Å². The highest BCUT2D eigenvalue weighted by Gasteiger charge is 2.25. The topological polar surface area (TPSA) is 137 Å². The fourth-order valence-electron chi connectivity index (χ4n) is 4.09. The maximum atomic E-state index is 13.6. The van der Waals surface area contributed by atoms with E-state index in [0.717, 1.165) is 10.4 Å². The Morgan fingerprint density at radius 2 is 2.00 bits per heavy atom. The number of H-pyrrole nitrogens is 1. The molecule has 0 aliphatic heterocycles. The number of nitrogens with zero attached hydrogens (tertiary/aromatic N) is 3. The molecule has 0 aliphatic carbocycles. The van der Waals surface area contributed by atoms with Crippen LogP contribution >= 0.6 is 0 Å². The number of allylic oxidation sites excluding steroid dienone is 1. The molecule has 3 amide bonds. The molecule has 1 atom stereocenters. The Bertz CT molecular complexity index is 1430. The van der Waals surface area contributed by atoms with Crippen LogP contribution in [0.25, 0.3) is 10.9 Å². The third-order valence-corrected chi connectivity index (χ3v) is 6.29. The third kappa shape index (κ3) is 8.27. The Morgan fingerprint density at radius 3 is 2.70 bits per heavy atom. The molecule has 0 radical (unpaired) electrons. The number of nitrogens with one attached hydrogen (secondary N) is 2. The van der Waals surface area contributed by atoms with Crippen molar-refractivity contribution in [2.24, 2.45) is 5.92 Å². The monoisotopic (exact) mass is 555 g/mol. The summed E-state index contributed by atoms with van der Waals surface area (Å²) in [5.74, 6) is -1.90. The van der Waals surface area contributed by atoms with Crippen LogP contribution < -0.4 is 10.9 Å². The number of carbonyl (C=O) groups excluding carboxylic acids is 2. The number of anilines is 1. The highest BCUT2D eigenvalue weighted by atomic mass is 19.1. The molecule has 40 heavy (non-hydrogen) atoms. The van der Waals surface area contributed by atoms with Crippen molar-refractivity contribution in [1.82, 2.24) is 19.4 Å². The van der Waals surface area contributed by atoms with Gasteiger partial charge in [0.05, 0.1) is 19.1 Å². The molecule has 12 heteroatoms. The Hall–Kier alpha value is -4.45. The number of amides is 3. The van der Waals surface area contributed by atoms with Crippen LogP contribution in [-0.2, 0) is 20.9 Å². The molecule has 0 bridgehead atoms. The summed E-state index contributed by atoms with van der Waals surface area (Å²) in [6, 6.07) is 9.20. The Morgan fingerprint density at radius 1 is 1.23 bits per heavy atom. The minimum absolute atomic E-state index is 0.0387. The van der Waals surface area contributed by atoms with Crippen LogP contribution in [0.15, 0.2) is 59.5 Å². The average molecular weight is 556 g/mol. The van der Waals surface area contributed by atoms with E-state index in [1.165, 1.54) is 40.9 Å². The summed E-state index contributed by atoms with van der Waals surface area (Å²) >= 11 is 0. The van der Waals surface area contributed by atoms with Crippen molar-refractivity contribution in [2.75, 3.05) is 46.2 Å². The van der Waals surface area contributed by atoms with Gasteiger partial charge < -0.3 is 34.5 Å². The predicted molar refractivity (Wildman–Crippen MR) is 149 cm³/mol. The second-order valence-corrected chi connectivity index (χ2v) is 9.50. The van der Waals surface area contributed by atoms with Crippen LogP contribution in [0, 0.1) is 11.7 Å². The summed E-state index contributed by atoms with van der Waals surface area (Å²) in [6.45, 7) is 0.266. The maximum absolute atomic E-state index is 13.6. The highest BCUT2D eigenvalue weighted by molar-refractivity contribution is 5.92. The first-order valence-electron chi connectivity index (χ1n) is 12.7. The number of ether oxygens (including phenoxy) is 1. The van der Waals surface area contributed by atoms with Crippen LogP contribution in [0.2, 0.25) is 0 Å². The van der Waals surface area contributed by atoms with E-state index in [9.17, 15) is 28.7 Å². The van der Waals surface area contributed by atoms with Crippen molar-refractivity contribution >= 4 is 34.5 Å². The molecule has 3 rings (SSSR count). The quantitative estimate of drug-likeness (QED) is 0.277. The van der Waals surface area contributed by atoms with E-state index in [1.54, 1.807) is 44.6 Å². The zero-order valence-electron chi connectivity index (χ0n) is 22.7. The number of benzene rings is 1. The van der Waals surface area contributed by atoms with Gasteiger partial charge in [-0.25, -0.2) is 9.18 Å². The lowest BCUT2D eigenvalue weighted by molar-refractivity contribution is -0.123. The number of carboxylic acid groups (broad SMARTS) is 1. The Labute approximate surface area is 230 Å². The van der Waals surface area contributed by atoms with E-state index in [-0.39, 0.29) is 50.1 Å². The van der Waals surface area contributed by atoms with Gasteiger partial charge in [-0.2, -0.15) is 0 Å². The number of hydrogen-bond donors (Lipinski definition) is 3. The molecule has 0 fully saturated rings. The van der Waals surface area contributed by atoms with Gasteiger partial charge in [0.2, 0.25) is 11.8 Å². The lowest BCUT2D eigenvalue weighted by Gasteiger charge is -2.24. The molecule has 0 saturated heterocycles. The highest BCUT2D eigenvalue weighted by Crippen LogP contribution is 2.18. The van der Waals surface area contributed by atoms with Crippen molar-refractivity contribution in [1.29, 1.82) is 0 Å². The standard InChI is InChI=1S/C28H34FN5O6/c1-32(2)25(35)9-5-4-7-19(17-34(28(38)39)13-14-40-3)26(36)31-24-8-6-12-33(27(24)37)18-22-16-20-15-21(29)10-11-23(20)30-22/h5-6,8-12,15-16,19,30H,4,7,13-14,17-18H2,1-3H3,(H,31,36)(H,38,39)/b9-5+/t19-/m0/s1. The number of rotatable bonds is 13. The third-order valence-electron chi connectivity index (χ3n) is 6.29. The molecule has 0 saturated carbocycles. The Kier molecular flexibility index (Phi) is 10.6. The van der Waals surface area contributed by atoms with E-state index in [0.29, 0.717) is 17.5 Å². The molecule has 11 nitrogen and oxygen atoms in total. The van der Waals surface area contributed by atoms with Crippen molar-refractivity contribution in [3.63, 3.8) is 0 Å². The normalized spacial score (nSPS) is 12.0. The zero-order chi connectivity index (χ0) is 29.2. The van der Waals surface area contributed by atoms with Crippen molar-refractivity contribution < 1.29 is 28.6 Å². The Balaban J connectivity index is 1.77.